The van der Waals surface area contributed by atoms with Gasteiger partial charge in [-0.2, -0.15) is 5.10 Å². The van der Waals surface area contributed by atoms with Crippen LogP contribution in [0, 0.1) is 0 Å². The molecule has 4 rings (SSSR count). The lowest BCUT2D eigenvalue weighted by molar-refractivity contribution is 0.654. The van der Waals surface area contributed by atoms with Gasteiger partial charge in [-0.3, -0.25) is 4.68 Å². The quantitative estimate of drug-likeness (QED) is 0.629. The minimum atomic E-state index is 0.226. The van der Waals surface area contributed by atoms with Crippen LogP contribution in [0.3, 0.4) is 0 Å². The zero-order chi connectivity index (χ0) is 14.6. The number of aromatic nitrogens is 4. The monoisotopic (exact) mass is 323 g/mol. The molecule has 2 aliphatic rings. The summed E-state index contributed by atoms with van der Waals surface area (Å²) in [5, 5.41) is 5.31. The van der Waals surface area contributed by atoms with Crippen molar-refractivity contribution in [2.75, 3.05) is 11.4 Å². The van der Waals surface area contributed by atoms with E-state index in [4.69, 9.17) is 23.2 Å². The van der Waals surface area contributed by atoms with E-state index in [-0.39, 0.29) is 5.28 Å². The van der Waals surface area contributed by atoms with Crippen LogP contribution in [0.25, 0.3) is 0 Å². The van der Waals surface area contributed by atoms with E-state index in [1.807, 2.05) is 11.7 Å². The summed E-state index contributed by atoms with van der Waals surface area (Å²) in [6.45, 7) is 1.59. The lowest BCUT2D eigenvalue weighted by Gasteiger charge is -2.29. The summed E-state index contributed by atoms with van der Waals surface area (Å²) in [7, 11) is 2.00. The molecule has 1 fully saturated rings. The summed E-state index contributed by atoms with van der Waals surface area (Å²) < 4.78 is 1.96. The molecule has 0 bridgehead atoms. The molecule has 0 atom stereocenters. The van der Waals surface area contributed by atoms with Gasteiger partial charge in [0.2, 0.25) is 5.28 Å². The van der Waals surface area contributed by atoms with Gasteiger partial charge < -0.3 is 4.90 Å². The van der Waals surface area contributed by atoms with Gasteiger partial charge in [-0.1, -0.05) is 11.6 Å². The number of fused-ring (bicyclic) bond motifs is 1. The van der Waals surface area contributed by atoms with Gasteiger partial charge in [-0.15, -0.1) is 0 Å². The highest BCUT2D eigenvalue weighted by Crippen LogP contribution is 2.40. The maximum Gasteiger partial charge on any atom is 0.224 e. The van der Waals surface area contributed by atoms with E-state index in [0.717, 1.165) is 30.0 Å². The summed E-state index contributed by atoms with van der Waals surface area (Å²) in [4.78, 5) is 10.6. The first-order valence-electron chi connectivity index (χ1n) is 7.11. The summed E-state index contributed by atoms with van der Waals surface area (Å²) in [6, 6.07) is 2.20. The molecule has 7 heteroatoms. The van der Waals surface area contributed by atoms with Crippen molar-refractivity contribution >= 4 is 29.0 Å². The van der Waals surface area contributed by atoms with Crippen molar-refractivity contribution in [3.8, 4) is 0 Å². The third-order valence-corrected chi connectivity index (χ3v) is 4.66. The number of hydrogen-bond acceptors (Lipinski definition) is 4. The van der Waals surface area contributed by atoms with Crippen molar-refractivity contribution in [3.63, 3.8) is 0 Å². The molecule has 1 aliphatic carbocycles. The third kappa shape index (κ3) is 2.38. The molecule has 3 heterocycles. The second kappa shape index (κ2) is 4.85. The van der Waals surface area contributed by atoms with Crippen LogP contribution in [-0.4, -0.2) is 26.3 Å². The molecule has 1 saturated carbocycles. The predicted molar refractivity (Wildman–Crippen MR) is 82.0 cm³/mol. The largest absolute Gasteiger partial charge is 0.352 e. The van der Waals surface area contributed by atoms with Gasteiger partial charge in [0, 0.05) is 44.1 Å². The average molecular weight is 324 g/mol. The fraction of sp³-hybridized carbons (Fsp3) is 0.500. The maximum absolute atomic E-state index is 6.22. The average Bonchev–Trinajstić information content (AvgIpc) is 3.22. The summed E-state index contributed by atoms with van der Waals surface area (Å²) in [6.07, 6.45) is 3.34. The van der Waals surface area contributed by atoms with E-state index in [0.29, 0.717) is 17.6 Å². The molecular weight excluding hydrogens is 309 g/mol. The van der Waals surface area contributed by atoms with Crippen LogP contribution in [0.15, 0.2) is 6.07 Å². The fourth-order valence-corrected chi connectivity index (χ4v) is 3.37. The number of anilines is 1. The van der Waals surface area contributed by atoms with Crippen molar-refractivity contribution in [3.05, 3.63) is 33.5 Å². The Bertz CT molecular complexity index is 708. The van der Waals surface area contributed by atoms with Crippen LogP contribution >= 0.6 is 23.2 Å². The maximum atomic E-state index is 6.22. The molecule has 0 aromatic carbocycles. The molecule has 0 radical (unpaired) electrons. The molecule has 2 aromatic heterocycles. The van der Waals surface area contributed by atoms with E-state index < -0.39 is 0 Å². The number of hydrogen-bond donors (Lipinski definition) is 0. The van der Waals surface area contributed by atoms with Gasteiger partial charge in [-0.25, -0.2) is 9.97 Å². The van der Waals surface area contributed by atoms with Crippen LogP contribution in [0.5, 0.6) is 0 Å². The van der Waals surface area contributed by atoms with Crippen molar-refractivity contribution in [2.24, 2.45) is 7.05 Å². The summed E-state index contributed by atoms with van der Waals surface area (Å²) in [5.41, 5.74) is 3.14. The topological polar surface area (TPSA) is 46.8 Å². The standard InChI is InChI=1S/C14H15Cl2N5/c1-20-12(6-11(19-20)8-2-3-8)21-5-4-10-9(7-21)13(15)18-14(16)17-10/h6,8H,2-5,7H2,1H3. The van der Waals surface area contributed by atoms with Crippen LogP contribution in [0.4, 0.5) is 5.82 Å². The predicted octanol–water partition coefficient (Wildman–Crippen LogP) is 2.96. The lowest BCUT2D eigenvalue weighted by atomic mass is 10.1. The minimum absolute atomic E-state index is 0.226. The molecule has 0 N–H and O–H groups in total. The van der Waals surface area contributed by atoms with Crippen molar-refractivity contribution in [2.45, 2.75) is 31.7 Å². The first-order valence-corrected chi connectivity index (χ1v) is 7.87. The molecule has 1 aliphatic heterocycles. The Morgan fingerprint density at radius 3 is 2.81 bits per heavy atom. The Balaban J connectivity index is 1.66. The minimum Gasteiger partial charge on any atom is -0.352 e. The van der Waals surface area contributed by atoms with Gasteiger partial charge in [0.05, 0.1) is 11.4 Å². The lowest BCUT2D eigenvalue weighted by Crippen LogP contribution is -2.32. The molecule has 2 aromatic rings. The van der Waals surface area contributed by atoms with E-state index in [1.165, 1.54) is 18.5 Å². The zero-order valence-corrected chi connectivity index (χ0v) is 13.2. The Morgan fingerprint density at radius 2 is 2.05 bits per heavy atom. The molecule has 21 heavy (non-hydrogen) atoms. The Kier molecular flexibility index (Phi) is 3.08. The molecular formula is C14H15Cl2N5. The van der Waals surface area contributed by atoms with E-state index in [2.05, 4.69) is 26.0 Å². The summed E-state index contributed by atoms with van der Waals surface area (Å²) in [5.74, 6) is 1.79. The highest BCUT2D eigenvalue weighted by atomic mass is 35.5. The van der Waals surface area contributed by atoms with Gasteiger partial charge in [-0.05, 0) is 24.4 Å². The van der Waals surface area contributed by atoms with Crippen LogP contribution in [-0.2, 0) is 20.0 Å². The van der Waals surface area contributed by atoms with Gasteiger partial charge in [0.25, 0.3) is 0 Å². The zero-order valence-electron chi connectivity index (χ0n) is 11.7. The molecule has 0 amide bonds. The van der Waals surface area contributed by atoms with Crippen molar-refractivity contribution in [1.82, 2.24) is 19.7 Å². The number of nitrogens with zero attached hydrogens (tertiary/aromatic N) is 5. The van der Waals surface area contributed by atoms with E-state index in [1.54, 1.807) is 0 Å². The smallest absolute Gasteiger partial charge is 0.224 e. The van der Waals surface area contributed by atoms with E-state index >= 15 is 0 Å². The highest BCUT2D eigenvalue weighted by molar-refractivity contribution is 6.32. The van der Waals surface area contributed by atoms with Crippen LogP contribution < -0.4 is 4.90 Å². The van der Waals surface area contributed by atoms with Gasteiger partial charge in [0.15, 0.2) is 0 Å². The van der Waals surface area contributed by atoms with Gasteiger partial charge >= 0.3 is 0 Å². The van der Waals surface area contributed by atoms with Crippen LogP contribution in [0.2, 0.25) is 10.4 Å². The number of aryl methyl sites for hydroxylation is 1. The molecule has 5 nitrogen and oxygen atoms in total. The van der Waals surface area contributed by atoms with Crippen molar-refractivity contribution < 1.29 is 0 Å². The SMILES string of the molecule is Cn1nc(C2CC2)cc1N1CCc2nc(Cl)nc(Cl)c2C1. The first-order chi connectivity index (χ1) is 10.1. The highest BCUT2D eigenvalue weighted by Gasteiger charge is 2.29. The second-order valence-corrected chi connectivity index (χ2v) is 6.40. The van der Waals surface area contributed by atoms with E-state index in [9.17, 15) is 0 Å². The second-order valence-electron chi connectivity index (χ2n) is 5.71. The number of rotatable bonds is 2. The van der Waals surface area contributed by atoms with Gasteiger partial charge in [0.1, 0.15) is 11.0 Å². The van der Waals surface area contributed by atoms with Crippen molar-refractivity contribution in [1.29, 1.82) is 0 Å². The summed E-state index contributed by atoms with van der Waals surface area (Å²) >= 11 is 12.1. The molecule has 0 spiro atoms. The van der Waals surface area contributed by atoms with Crippen LogP contribution in [0.1, 0.15) is 35.7 Å². The molecule has 0 unspecified atom stereocenters. The number of halogens is 2. The Hall–Kier alpha value is -1.33. The fourth-order valence-electron chi connectivity index (χ4n) is 2.89. The first kappa shape index (κ1) is 13.3. The molecule has 110 valence electrons. The third-order valence-electron chi connectivity index (χ3n) is 4.18. The Morgan fingerprint density at radius 1 is 1.24 bits per heavy atom. The Labute approximate surface area is 132 Å². The molecule has 0 saturated heterocycles. The normalized spacial score (nSPS) is 18.0.